The molecule has 0 fully saturated rings. The Morgan fingerprint density at radius 2 is 2.25 bits per heavy atom. The molecule has 4 nitrogen and oxygen atoms in total. The van der Waals surface area contributed by atoms with Crippen molar-refractivity contribution in [1.82, 2.24) is 5.10 Å². The first kappa shape index (κ1) is 9.51. The van der Waals surface area contributed by atoms with Gasteiger partial charge in [-0.1, -0.05) is 28.3 Å². The lowest BCUT2D eigenvalue weighted by Gasteiger charge is -2.00. The number of nitrogens with zero attached hydrogens (tertiary/aromatic N) is 2. The maximum atomic E-state index is 8.61. The van der Waals surface area contributed by atoms with E-state index in [2.05, 4.69) is 5.10 Å². The zero-order chi connectivity index (χ0) is 9.14. The molecule has 1 aromatic rings. The van der Waals surface area contributed by atoms with Gasteiger partial charge < -0.3 is 5.11 Å². The van der Waals surface area contributed by atoms with Crippen LogP contribution in [0.25, 0.3) is 0 Å². The fourth-order valence-electron chi connectivity index (χ4n) is 0.748. The maximum Gasteiger partial charge on any atom is 0.313 e. The van der Waals surface area contributed by atoms with Crippen LogP contribution in [0, 0.1) is 0 Å². The molecule has 0 aromatic carbocycles. The normalized spacial score (nSPS) is 10.2. The van der Waals surface area contributed by atoms with Crippen molar-refractivity contribution in [3.05, 3.63) is 16.2 Å². The number of aliphatic hydroxyl groups is 1. The zero-order valence-electron chi connectivity index (χ0n) is 6.17. The molecule has 0 bridgehead atoms. The number of anilines is 1. The van der Waals surface area contributed by atoms with Crippen LogP contribution in [0.2, 0.25) is 10.0 Å². The minimum Gasteiger partial charge on any atom is -0.392 e. The summed E-state index contributed by atoms with van der Waals surface area (Å²) < 4.78 is 1.38. The summed E-state index contributed by atoms with van der Waals surface area (Å²) in [6.45, 7) is 0.266. The van der Waals surface area contributed by atoms with Crippen LogP contribution in [0.15, 0.2) is 6.20 Å². The van der Waals surface area contributed by atoms with E-state index in [0.29, 0.717) is 11.6 Å². The van der Waals surface area contributed by atoms with Crippen LogP contribution in [0.1, 0.15) is 0 Å². The highest BCUT2D eigenvalue weighted by atomic mass is 35.5. The Labute approximate surface area is 79.5 Å². The van der Waals surface area contributed by atoms with Gasteiger partial charge in [0.1, 0.15) is 6.54 Å². The molecule has 1 aromatic heterocycles. The molecule has 0 amide bonds. The third-order valence-corrected chi connectivity index (χ3v) is 2.12. The molecule has 3 N–H and O–H groups in total. The first-order valence-electron chi connectivity index (χ1n) is 3.27. The summed E-state index contributed by atoms with van der Waals surface area (Å²) in [4.78, 5) is 0. The SMILES string of the molecule is Nc1c(Cl)c(Cl)cn[n+]1CCO. The van der Waals surface area contributed by atoms with Crippen molar-refractivity contribution >= 4 is 29.0 Å². The number of aliphatic hydroxyl groups excluding tert-OH is 1. The third kappa shape index (κ3) is 1.77. The molecule has 0 atom stereocenters. The predicted molar refractivity (Wildman–Crippen MR) is 46.0 cm³/mol. The molecule has 0 radical (unpaired) electrons. The van der Waals surface area contributed by atoms with Crippen LogP contribution in [-0.4, -0.2) is 16.8 Å². The minimum atomic E-state index is -0.0418. The number of hydrogen-bond acceptors (Lipinski definition) is 3. The zero-order valence-corrected chi connectivity index (χ0v) is 7.68. The summed E-state index contributed by atoms with van der Waals surface area (Å²) in [6, 6.07) is 0. The monoisotopic (exact) mass is 208 g/mol. The Hall–Kier alpha value is -0.580. The van der Waals surface area contributed by atoms with E-state index in [0.717, 1.165) is 0 Å². The maximum absolute atomic E-state index is 8.61. The van der Waals surface area contributed by atoms with Gasteiger partial charge in [-0.2, -0.15) is 0 Å². The van der Waals surface area contributed by atoms with Crippen molar-refractivity contribution in [2.75, 3.05) is 12.3 Å². The third-order valence-electron chi connectivity index (χ3n) is 1.33. The highest BCUT2D eigenvalue weighted by Gasteiger charge is 2.13. The Morgan fingerprint density at radius 3 is 2.83 bits per heavy atom. The standard InChI is InChI=1S/C6H7Cl2N3O/c7-4-3-10-11(1-2-12)6(9)5(4)8/h3,9,12H,1-2H2/p+1. The molecule has 0 aliphatic heterocycles. The number of halogens is 2. The predicted octanol–water partition coefficient (Wildman–Crippen LogP) is 0.250. The van der Waals surface area contributed by atoms with Crippen LogP contribution in [-0.2, 0) is 6.54 Å². The van der Waals surface area contributed by atoms with Gasteiger partial charge in [-0.15, -0.1) is 4.68 Å². The summed E-state index contributed by atoms with van der Waals surface area (Å²) in [7, 11) is 0. The average Bonchev–Trinajstić information content (AvgIpc) is 2.07. The second kappa shape index (κ2) is 3.89. The van der Waals surface area contributed by atoms with Crippen molar-refractivity contribution in [1.29, 1.82) is 0 Å². The van der Waals surface area contributed by atoms with E-state index in [9.17, 15) is 0 Å². The van der Waals surface area contributed by atoms with Crippen molar-refractivity contribution in [3.63, 3.8) is 0 Å². The van der Waals surface area contributed by atoms with Gasteiger partial charge in [0.05, 0.1) is 17.8 Å². The number of nitrogens with two attached hydrogens (primary N) is 1. The van der Waals surface area contributed by atoms with Gasteiger partial charge in [-0.05, 0) is 0 Å². The molecule has 0 unspecified atom stereocenters. The largest absolute Gasteiger partial charge is 0.392 e. The molecule has 0 saturated heterocycles. The van der Waals surface area contributed by atoms with Crippen molar-refractivity contribution < 1.29 is 9.79 Å². The fraction of sp³-hybridized carbons (Fsp3) is 0.333. The van der Waals surface area contributed by atoms with Crippen LogP contribution in [0.5, 0.6) is 0 Å². The minimum absolute atomic E-state index is 0.0418. The highest BCUT2D eigenvalue weighted by Crippen LogP contribution is 2.22. The molecule has 0 spiro atoms. The lowest BCUT2D eigenvalue weighted by atomic mass is 10.5. The summed E-state index contributed by atoms with van der Waals surface area (Å²) in [5.41, 5.74) is 5.54. The molecule has 66 valence electrons. The summed E-state index contributed by atoms with van der Waals surface area (Å²) in [5, 5.41) is 13.0. The summed E-state index contributed by atoms with van der Waals surface area (Å²) in [5.74, 6) is 0.262. The molecular weight excluding hydrogens is 201 g/mol. The van der Waals surface area contributed by atoms with E-state index in [1.54, 1.807) is 0 Å². The Balaban J connectivity index is 3.08. The molecule has 1 heterocycles. The number of nitrogen functional groups attached to an aromatic ring is 1. The van der Waals surface area contributed by atoms with Gasteiger partial charge >= 0.3 is 5.82 Å². The van der Waals surface area contributed by atoms with Crippen LogP contribution >= 0.6 is 23.2 Å². The Morgan fingerprint density at radius 1 is 1.58 bits per heavy atom. The lowest BCUT2D eigenvalue weighted by Crippen LogP contribution is -2.42. The van der Waals surface area contributed by atoms with Gasteiger partial charge in [0, 0.05) is 0 Å². The second-order valence-electron chi connectivity index (χ2n) is 2.14. The first-order chi connectivity index (χ1) is 5.66. The molecule has 6 heteroatoms. The Kier molecular flexibility index (Phi) is 3.08. The van der Waals surface area contributed by atoms with Crippen LogP contribution in [0.4, 0.5) is 5.82 Å². The van der Waals surface area contributed by atoms with E-state index in [-0.39, 0.29) is 17.4 Å². The molecular formula is C6H8Cl2N3O+. The number of hydrogen-bond donors (Lipinski definition) is 2. The van der Waals surface area contributed by atoms with Gasteiger partial charge in [-0.25, -0.2) is 0 Å². The fourth-order valence-corrected chi connectivity index (χ4v) is 1.03. The van der Waals surface area contributed by atoms with Crippen LogP contribution in [0.3, 0.4) is 0 Å². The molecule has 0 aliphatic rings. The summed E-state index contributed by atoms with van der Waals surface area (Å²) in [6.07, 6.45) is 1.38. The first-order valence-corrected chi connectivity index (χ1v) is 4.03. The van der Waals surface area contributed by atoms with E-state index in [4.69, 9.17) is 34.0 Å². The second-order valence-corrected chi connectivity index (χ2v) is 2.92. The quantitative estimate of drug-likeness (QED) is 0.686. The highest BCUT2D eigenvalue weighted by molar-refractivity contribution is 6.43. The molecule has 0 saturated carbocycles. The van der Waals surface area contributed by atoms with Gasteiger partial charge in [0.15, 0.2) is 5.02 Å². The molecule has 0 aliphatic carbocycles. The smallest absolute Gasteiger partial charge is 0.313 e. The number of rotatable bonds is 2. The van der Waals surface area contributed by atoms with E-state index < -0.39 is 0 Å². The van der Waals surface area contributed by atoms with Gasteiger partial charge in [0.2, 0.25) is 0 Å². The number of aromatic nitrogens is 2. The lowest BCUT2D eigenvalue weighted by molar-refractivity contribution is -0.741. The molecule has 12 heavy (non-hydrogen) atoms. The van der Waals surface area contributed by atoms with Crippen LogP contribution < -0.4 is 10.4 Å². The van der Waals surface area contributed by atoms with E-state index in [1.165, 1.54) is 10.9 Å². The van der Waals surface area contributed by atoms with Crippen molar-refractivity contribution in [2.45, 2.75) is 6.54 Å². The van der Waals surface area contributed by atoms with Crippen molar-refractivity contribution in [3.8, 4) is 0 Å². The van der Waals surface area contributed by atoms with Gasteiger partial charge in [0.25, 0.3) is 0 Å². The average molecular weight is 209 g/mol. The Bertz CT molecular complexity index is 292. The topological polar surface area (TPSA) is 63.0 Å². The summed E-state index contributed by atoms with van der Waals surface area (Å²) >= 11 is 11.4. The molecule has 1 rings (SSSR count). The van der Waals surface area contributed by atoms with E-state index in [1.807, 2.05) is 0 Å². The van der Waals surface area contributed by atoms with Gasteiger partial charge in [-0.3, -0.25) is 5.73 Å². The van der Waals surface area contributed by atoms with E-state index >= 15 is 0 Å². The van der Waals surface area contributed by atoms with Crippen molar-refractivity contribution in [2.24, 2.45) is 0 Å².